The van der Waals surface area contributed by atoms with E-state index in [0.29, 0.717) is 5.75 Å². The molecular weight excluding hydrogens is 340 g/mol. The Bertz CT molecular complexity index is 939. The summed E-state index contributed by atoms with van der Waals surface area (Å²) < 4.78 is 18.9. The van der Waals surface area contributed by atoms with Gasteiger partial charge in [-0.05, 0) is 43.7 Å². The second kappa shape index (κ2) is 8.15. The highest BCUT2D eigenvalue weighted by atomic mass is 32.2. The molecule has 0 bridgehead atoms. The summed E-state index contributed by atoms with van der Waals surface area (Å²) in [4.78, 5) is 1.51. The predicted octanol–water partition coefficient (Wildman–Crippen LogP) is 5.62. The van der Waals surface area contributed by atoms with E-state index in [-0.39, 0.29) is 0 Å². The van der Waals surface area contributed by atoms with Crippen molar-refractivity contribution < 1.29 is 8.95 Å². The molecule has 3 rings (SSSR count). The molecule has 0 N–H and O–H groups in total. The minimum absolute atomic E-state index is 0.714. The molecule has 0 fully saturated rings. The molecule has 3 aromatic carbocycles. The zero-order valence-corrected chi connectivity index (χ0v) is 16.0. The van der Waals surface area contributed by atoms with E-state index in [0.717, 1.165) is 26.5 Å². The molecule has 3 heteroatoms. The zero-order chi connectivity index (χ0) is 18.5. The lowest BCUT2D eigenvalue weighted by atomic mass is 10.1. The molecule has 0 radical (unpaired) electrons. The van der Waals surface area contributed by atoms with Gasteiger partial charge in [0.2, 0.25) is 0 Å². The van der Waals surface area contributed by atoms with E-state index in [9.17, 15) is 4.21 Å². The van der Waals surface area contributed by atoms with E-state index in [4.69, 9.17) is 4.74 Å². The van der Waals surface area contributed by atoms with Gasteiger partial charge in [0.15, 0.2) is 0 Å². The molecule has 0 heterocycles. The molecule has 0 aliphatic rings. The van der Waals surface area contributed by atoms with Crippen LogP contribution in [-0.4, -0.2) is 11.3 Å². The lowest BCUT2D eigenvalue weighted by Crippen LogP contribution is -1.99. The Morgan fingerprint density at radius 3 is 2.04 bits per heavy atom. The smallest absolute Gasteiger partial charge is 0.127 e. The van der Waals surface area contributed by atoms with E-state index in [1.54, 1.807) is 7.11 Å². The van der Waals surface area contributed by atoms with Crippen LogP contribution in [-0.2, 0) is 10.8 Å². The molecule has 0 aromatic heterocycles. The van der Waals surface area contributed by atoms with Crippen LogP contribution in [0.4, 0.5) is 0 Å². The quantitative estimate of drug-likeness (QED) is 0.551. The minimum Gasteiger partial charge on any atom is -0.496 e. The van der Waals surface area contributed by atoms with Gasteiger partial charge in [-0.1, -0.05) is 65.7 Å². The summed E-state index contributed by atoms with van der Waals surface area (Å²) in [5, 5.41) is 0. The van der Waals surface area contributed by atoms with E-state index >= 15 is 0 Å². The summed E-state index contributed by atoms with van der Waals surface area (Å²) >= 11 is 0. The van der Waals surface area contributed by atoms with Crippen molar-refractivity contribution in [2.24, 2.45) is 0 Å². The summed E-state index contributed by atoms with van der Waals surface area (Å²) in [5.41, 5.74) is 4.19. The van der Waals surface area contributed by atoms with Crippen molar-refractivity contribution in [3.63, 3.8) is 0 Å². The van der Waals surface area contributed by atoms with Gasteiger partial charge in [0.25, 0.3) is 0 Å². The van der Waals surface area contributed by atoms with Crippen molar-refractivity contribution in [1.29, 1.82) is 0 Å². The van der Waals surface area contributed by atoms with Gasteiger partial charge in [-0.25, -0.2) is 4.21 Å². The third kappa shape index (κ3) is 4.12. The van der Waals surface area contributed by atoms with Crippen LogP contribution in [0.5, 0.6) is 5.75 Å². The average molecular weight is 362 g/mol. The topological polar surface area (TPSA) is 26.3 Å². The Kier molecular flexibility index (Phi) is 5.69. The predicted molar refractivity (Wildman–Crippen MR) is 110 cm³/mol. The van der Waals surface area contributed by atoms with Crippen LogP contribution in [0.2, 0.25) is 0 Å². The molecule has 1 unspecified atom stereocenters. The van der Waals surface area contributed by atoms with Crippen molar-refractivity contribution in [3.8, 4) is 5.75 Å². The maximum absolute atomic E-state index is 13.4. The summed E-state index contributed by atoms with van der Waals surface area (Å²) in [5.74, 6) is 0.714. The average Bonchev–Trinajstić information content (AvgIpc) is 2.67. The van der Waals surface area contributed by atoms with Crippen molar-refractivity contribution in [2.75, 3.05) is 7.11 Å². The lowest BCUT2D eigenvalue weighted by molar-refractivity contribution is 0.414. The third-order valence-electron chi connectivity index (χ3n) is 4.18. The molecule has 0 amide bonds. The first-order valence-corrected chi connectivity index (χ1v) is 9.63. The molecule has 0 aliphatic carbocycles. The highest BCUT2D eigenvalue weighted by Gasteiger charge is 2.16. The fraction of sp³-hybridized carbons (Fsp3) is 0.130. The molecule has 3 aromatic rings. The highest BCUT2D eigenvalue weighted by molar-refractivity contribution is 7.94. The van der Waals surface area contributed by atoms with Gasteiger partial charge in [-0.15, -0.1) is 0 Å². The zero-order valence-electron chi connectivity index (χ0n) is 15.2. The number of rotatable bonds is 5. The summed E-state index contributed by atoms with van der Waals surface area (Å²) in [6.07, 6.45) is 1.98. The van der Waals surface area contributed by atoms with Crippen LogP contribution in [0.1, 0.15) is 22.3 Å². The molecule has 0 aliphatic heterocycles. The maximum Gasteiger partial charge on any atom is 0.127 e. The van der Waals surface area contributed by atoms with Crippen LogP contribution in [0.3, 0.4) is 0 Å². The van der Waals surface area contributed by atoms with Gasteiger partial charge < -0.3 is 4.74 Å². The summed E-state index contributed by atoms with van der Waals surface area (Å²) in [6.45, 7) is 4.08. The Morgan fingerprint density at radius 2 is 1.42 bits per heavy atom. The molecule has 2 nitrogen and oxygen atoms in total. The molecule has 26 heavy (non-hydrogen) atoms. The van der Waals surface area contributed by atoms with Crippen LogP contribution in [0.25, 0.3) is 11.0 Å². The fourth-order valence-electron chi connectivity index (χ4n) is 2.68. The molecule has 0 saturated carbocycles. The number of hydrogen-bond acceptors (Lipinski definition) is 2. The van der Waals surface area contributed by atoms with Crippen LogP contribution >= 0.6 is 0 Å². The normalized spacial score (nSPS) is 12.7. The van der Waals surface area contributed by atoms with Crippen LogP contribution in [0.15, 0.2) is 77.7 Å². The molecule has 0 spiro atoms. The third-order valence-corrected chi connectivity index (χ3v) is 5.62. The largest absolute Gasteiger partial charge is 0.496 e. The Balaban J connectivity index is 2.13. The van der Waals surface area contributed by atoms with Gasteiger partial charge in [0.05, 0.1) is 22.8 Å². The minimum atomic E-state index is -1.32. The summed E-state index contributed by atoms with van der Waals surface area (Å²) in [7, 11) is 0.319. The maximum atomic E-state index is 13.4. The SMILES string of the molecule is COc1ccccc1/C(=C\c1ccc(C)cc1)S(=O)c1ccc(C)cc1. The first kappa shape index (κ1) is 18.2. The number of benzene rings is 3. The molecule has 0 saturated heterocycles. The van der Waals surface area contributed by atoms with Gasteiger partial charge in [0.1, 0.15) is 5.75 Å². The van der Waals surface area contributed by atoms with Crippen LogP contribution in [0, 0.1) is 13.8 Å². The second-order valence-electron chi connectivity index (χ2n) is 6.20. The van der Waals surface area contributed by atoms with Crippen molar-refractivity contribution >= 4 is 21.8 Å². The van der Waals surface area contributed by atoms with Crippen molar-refractivity contribution in [1.82, 2.24) is 0 Å². The van der Waals surface area contributed by atoms with E-state index in [1.807, 2.05) is 73.7 Å². The lowest BCUT2D eigenvalue weighted by Gasteiger charge is -2.13. The Labute approximate surface area is 157 Å². The monoisotopic (exact) mass is 362 g/mol. The Hall–Kier alpha value is -2.65. The molecule has 1 atom stereocenters. The Morgan fingerprint density at radius 1 is 0.846 bits per heavy atom. The number of aryl methyl sites for hydroxylation is 2. The van der Waals surface area contributed by atoms with E-state index in [1.165, 1.54) is 5.56 Å². The van der Waals surface area contributed by atoms with Gasteiger partial charge in [-0.3, -0.25) is 0 Å². The van der Waals surface area contributed by atoms with Crippen molar-refractivity contribution in [3.05, 3.63) is 95.1 Å². The van der Waals surface area contributed by atoms with Gasteiger partial charge in [0, 0.05) is 10.5 Å². The van der Waals surface area contributed by atoms with Crippen LogP contribution < -0.4 is 4.74 Å². The number of hydrogen-bond donors (Lipinski definition) is 0. The summed E-state index contributed by atoms with van der Waals surface area (Å²) in [6, 6.07) is 23.7. The number of ether oxygens (including phenoxy) is 1. The fourth-order valence-corrected chi connectivity index (χ4v) is 3.93. The van der Waals surface area contributed by atoms with Gasteiger partial charge in [-0.2, -0.15) is 0 Å². The second-order valence-corrected chi connectivity index (χ2v) is 7.65. The highest BCUT2D eigenvalue weighted by Crippen LogP contribution is 2.33. The van der Waals surface area contributed by atoms with Crippen molar-refractivity contribution in [2.45, 2.75) is 18.7 Å². The standard InChI is InChI=1S/C23H22O2S/c1-17-8-12-19(13-9-17)16-23(21-6-4-5-7-22(21)25-3)26(24)20-14-10-18(2)11-15-20/h4-16H,1-3H3/b23-16+. The number of methoxy groups -OCH3 is 1. The number of para-hydroxylation sites is 1. The molecular formula is C23H22O2S. The van der Waals surface area contributed by atoms with Gasteiger partial charge >= 0.3 is 0 Å². The first-order valence-electron chi connectivity index (χ1n) is 8.48. The molecule has 132 valence electrons. The van der Waals surface area contributed by atoms with E-state index in [2.05, 4.69) is 19.1 Å². The first-order chi connectivity index (χ1) is 12.6. The van der Waals surface area contributed by atoms with E-state index < -0.39 is 10.8 Å².